The molecule has 2 aromatic rings. The van der Waals surface area contributed by atoms with Gasteiger partial charge >= 0.3 is 0 Å². The second-order valence-corrected chi connectivity index (χ2v) is 6.74. The van der Waals surface area contributed by atoms with E-state index in [0.717, 1.165) is 24.9 Å². The van der Waals surface area contributed by atoms with Gasteiger partial charge in [-0.15, -0.1) is 0 Å². The van der Waals surface area contributed by atoms with E-state index in [1.54, 1.807) is 0 Å². The fourth-order valence-corrected chi connectivity index (χ4v) is 3.39. The van der Waals surface area contributed by atoms with Gasteiger partial charge in [0, 0.05) is 38.2 Å². The molecule has 0 unspecified atom stereocenters. The van der Waals surface area contributed by atoms with Gasteiger partial charge in [-0.2, -0.15) is 0 Å². The molecule has 0 radical (unpaired) electrons. The van der Waals surface area contributed by atoms with Crippen molar-refractivity contribution < 1.29 is 9.59 Å². The van der Waals surface area contributed by atoms with E-state index in [-0.39, 0.29) is 11.8 Å². The zero-order chi connectivity index (χ0) is 18.4. The van der Waals surface area contributed by atoms with Crippen molar-refractivity contribution in [3.05, 3.63) is 71.3 Å². The van der Waals surface area contributed by atoms with Crippen LogP contribution in [0.15, 0.2) is 54.6 Å². The standard InChI is InChI=1S/C22H26N2O2/c1-2-23(15-13-18-8-4-3-5-9-18)22(26)20-11-6-10-19(16-20)17-24-14-7-12-21(24)25/h3-6,8-11,16H,2,7,12-15,17H2,1H3. The molecule has 0 saturated carbocycles. The molecule has 1 heterocycles. The summed E-state index contributed by atoms with van der Waals surface area (Å²) in [5.41, 5.74) is 2.95. The van der Waals surface area contributed by atoms with E-state index in [0.29, 0.717) is 31.6 Å². The Balaban J connectivity index is 1.65. The summed E-state index contributed by atoms with van der Waals surface area (Å²) in [6.07, 6.45) is 2.42. The van der Waals surface area contributed by atoms with Crippen LogP contribution in [-0.2, 0) is 17.8 Å². The number of carbonyl (C=O) groups is 2. The van der Waals surface area contributed by atoms with Gasteiger partial charge in [0.15, 0.2) is 0 Å². The second-order valence-electron chi connectivity index (χ2n) is 6.74. The van der Waals surface area contributed by atoms with Gasteiger partial charge in [-0.3, -0.25) is 9.59 Å². The predicted molar refractivity (Wildman–Crippen MR) is 103 cm³/mol. The van der Waals surface area contributed by atoms with Crippen LogP contribution in [0.4, 0.5) is 0 Å². The molecule has 4 nitrogen and oxygen atoms in total. The lowest BCUT2D eigenvalue weighted by Crippen LogP contribution is -2.33. The zero-order valence-corrected chi connectivity index (χ0v) is 15.4. The summed E-state index contributed by atoms with van der Waals surface area (Å²) in [5, 5.41) is 0. The van der Waals surface area contributed by atoms with E-state index < -0.39 is 0 Å². The molecule has 2 aromatic carbocycles. The van der Waals surface area contributed by atoms with Crippen LogP contribution in [0.5, 0.6) is 0 Å². The predicted octanol–water partition coefficient (Wildman–Crippen LogP) is 3.51. The first-order valence-corrected chi connectivity index (χ1v) is 9.37. The summed E-state index contributed by atoms with van der Waals surface area (Å²) in [6.45, 7) is 4.80. The van der Waals surface area contributed by atoms with Gasteiger partial charge in [0.05, 0.1) is 0 Å². The summed E-state index contributed by atoms with van der Waals surface area (Å²) < 4.78 is 0. The molecule has 1 fully saturated rings. The van der Waals surface area contributed by atoms with Gasteiger partial charge in [0.2, 0.25) is 5.91 Å². The van der Waals surface area contributed by atoms with Crippen molar-refractivity contribution in [2.45, 2.75) is 32.7 Å². The average molecular weight is 350 g/mol. The first kappa shape index (κ1) is 18.2. The Morgan fingerprint density at radius 1 is 1.08 bits per heavy atom. The monoisotopic (exact) mass is 350 g/mol. The highest BCUT2D eigenvalue weighted by Gasteiger charge is 2.21. The highest BCUT2D eigenvalue weighted by molar-refractivity contribution is 5.94. The minimum absolute atomic E-state index is 0.0537. The van der Waals surface area contributed by atoms with Gasteiger partial charge in [0.25, 0.3) is 5.91 Å². The highest BCUT2D eigenvalue weighted by atomic mass is 16.2. The van der Waals surface area contributed by atoms with E-state index >= 15 is 0 Å². The van der Waals surface area contributed by atoms with E-state index in [1.807, 2.05) is 59.2 Å². The number of likely N-dealkylation sites (N-methyl/N-ethyl adjacent to an activating group) is 1. The summed E-state index contributed by atoms with van der Waals surface area (Å²) in [4.78, 5) is 28.5. The molecule has 0 atom stereocenters. The minimum Gasteiger partial charge on any atom is -0.339 e. The fourth-order valence-electron chi connectivity index (χ4n) is 3.39. The number of benzene rings is 2. The third kappa shape index (κ3) is 4.51. The summed E-state index contributed by atoms with van der Waals surface area (Å²) in [7, 11) is 0. The topological polar surface area (TPSA) is 40.6 Å². The number of hydrogen-bond acceptors (Lipinski definition) is 2. The quantitative estimate of drug-likeness (QED) is 0.767. The SMILES string of the molecule is CCN(CCc1ccccc1)C(=O)c1cccc(CN2CCCC2=O)c1. The van der Waals surface area contributed by atoms with Crippen LogP contribution in [0, 0.1) is 0 Å². The Morgan fingerprint density at radius 2 is 1.85 bits per heavy atom. The average Bonchev–Trinajstić information content (AvgIpc) is 3.08. The Bertz CT molecular complexity index is 758. The maximum absolute atomic E-state index is 12.9. The van der Waals surface area contributed by atoms with E-state index in [9.17, 15) is 9.59 Å². The highest BCUT2D eigenvalue weighted by Crippen LogP contribution is 2.16. The first-order chi connectivity index (χ1) is 12.7. The molecular weight excluding hydrogens is 324 g/mol. The summed E-state index contributed by atoms with van der Waals surface area (Å²) in [5.74, 6) is 0.262. The molecule has 0 N–H and O–H groups in total. The Morgan fingerprint density at radius 3 is 2.54 bits per heavy atom. The number of nitrogens with zero attached hydrogens (tertiary/aromatic N) is 2. The Hall–Kier alpha value is -2.62. The van der Waals surface area contributed by atoms with Crippen LogP contribution in [0.3, 0.4) is 0 Å². The Labute approximate surface area is 155 Å². The maximum Gasteiger partial charge on any atom is 0.253 e. The molecule has 1 saturated heterocycles. The van der Waals surface area contributed by atoms with Crippen molar-refractivity contribution in [1.82, 2.24) is 9.80 Å². The van der Waals surface area contributed by atoms with Gasteiger partial charge in [-0.25, -0.2) is 0 Å². The fraction of sp³-hybridized carbons (Fsp3) is 0.364. The number of likely N-dealkylation sites (tertiary alicyclic amines) is 1. The molecule has 3 rings (SSSR count). The maximum atomic E-state index is 12.9. The molecule has 1 aliphatic heterocycles. The smallest absolute Gasteiger partial charge is 0.253 e. The van der Waals surface area contributed by atoms with Crippen molar-refractivity contribution in [1.29, 1.82) is 0 Å². The first-order valence-electron chi connectivity index (χ1n) is 9.37. The third-order valence-electron chi connectivity index (χ3n) is 4.90. The lowest BCUT2D eigenvalue weighted by molar-refractivity contribution is -0.128. The van der Waals surface area contributed by atoms with Crippen LogP contribution in [0.2, 0.25) is 0 Å². The third-order valence-corrected chi connectivity index (χ3v) is 4.90. The molecular formula is C22H26N2O2. The zero-order valence-electron chi connectivity index (χ0n) is 15.4. The number of amides is 2. The molecule has 0 aliphatic carbocycles. The molecule has 4 heteroatoms. The van der Waals surface area contributed by atoms with Gasteiger partial charge < -0.3 is 9.80 Å². The van der Waals surface area contributed by atoms with Crippen molar-refractivity contribution in [2.75, 3.05) is 19.6 Å². The van der Waals surface area contributed by atoms with Crippen molar-refractivity contribution in [3.63, 3.8) is 0 Å². The van der Waals surface area contributed by atoms with Crippen LogP contribution in [-0.4, -0.2) is 41.2 Å². The number of carbonyl (C=O) groups excluding carboxylic acids is 2. The van der Waals surface area contributed by atoms with E-state index in [4.69, 9.17) is 0 Å². The van der Waals surface area contributed by atoms with Crippen LogP contribution in [0.25, 0.3) is 0 Å². The van der Waals surface area contributed by atoms with Gasteiger partial charge in [-0.1, -0.05) is 42.5 Å². The van der Waals surface area contributed by atoms with Crippen LogP contribution in [0.1, 0.15) is 41.3 Å². The molecule has 26 heavy (non-hydrogen) atoms. The molecule has 0 bridgehead atoms. The van der Waals surface area contributed by atoms with Gasteiger partial charge in [-0.05, 0) is 43.0 Å². The second kappa shape index (κ2) is 8.65. The van der Waals surface area contributed by atoms with Crippen molar-refractivity contribution in [2.24, 2.45) is 0 Å². The van der Waals surface area contributed by atoms with E-state index in [1.165, 1.54) is 5.56 Å². The molecule has 1 aliphatic rings. The summed E-state index contributed by atoms with van der Waals surface area (Å²) in [6, 6.07) is 17.9. The largest absolute Gasteiger partial charge is 0.339 e. The molecule has 136 valence electrons. The lowest BCUT2D eigenvalue weighted by Gasteiger charge is -2.22. The lowest BCUT2D eigenvalue weighted by atomic mass is 10.1. The van der Waals surface area contributed by atoms with Crippen LogP contribution >= 0.6 is 0 Å². The van der Waals surface area contributed by atoms with Crippen molar-refractivity contribution >= 4 is 11.8 Å². The minimum atomic E-state index is 0.0537. The summed E-state index contributed by atoms with van der Waals surface area (Å²) >= 11 is 0. The molecule has 0 aromatic heterocycles. The van der Waals surface area contributed by atoms with Gasteiger partial charge in [0.1, 0.15) is 0 Å². The van der Waals surface area contributed by atoms with E-state index in [2.05, 4.69) is 12.1 Å². The molecule has 2 amide bonds. The normalized spacial score (nSPS) is 13.9. The Kier molecular flexibility index (Phi) is 6.05. The number of hydrogen-bond donors (Lipinski definition) is 0. The number of rotatable bonds is 7. The molecule has 0 spiro atoms. The van der Waals surface area contributed by atoms with Crippen LogP contribution < -0.4 is 0 Å². The van der Waals surface area contributed by atoms with Crippen molar-refractivity contribution in [3.8, 4) is 0 Å².